The number of allylic oxidation sites excluding steroid dienone is 1. The van der Waals surface area contributed by atoms with E-state index in [1.807, 2.05) is 6.07 Å². The molecule has 0 unspecified atom stereocenters. The fourth-order valence-corrected chi connectivity index (χ4v) is 2.09. The Morgan fingerprint density at radius 2 is 2.37 bits per heavy atom. The lowest BCUT2D eigenvalue weighted by Gasteiger charge is -1.99. The van der Waals surface area contributed by atoms with E-state index in [1.165, 1.54) is 4.57 Å². The first-order chi connectivity index (χ1) is 9.20. The fraction of sp³-hybridized carbons (Fsp3) is 0.154. The molecule has 3 rings (SSSR count). The first kappa shape index (κ1) is 11.5. The number of hydrogen-bond donors (Lipinski definition) is 2. The molecular formula is C13H12N4O2. The monoisotopic (exact) mass is 256 g/mol. The molecule has 2 aromatic heterocycles. The summed E-state index contributed by atoms with van der Waals surface area (Å²) in [7, 11) is 0. The largest absolute Gasteiger partial charge is 0.493 e. The van der Waals surface area contributed by atoms with E-state index < -0.39 is 0 Å². The van der Waals surface area contributed by atoms with E-state index in [0.29, 0.717) is 12.2 Å². The van der Waals surface area contributed by atoms with Crippen molar-refractivity contribution >= 4 is 23.6 Å². The average molecular weight is 256 g/mol. The van der Waals surface area contributed by atoms with Crippen molar-refractivity contribution in [2.75, 3.05) is 0 Å². The number of aliphatic imine (C=N–C) groups is 1. The van der Waals surface area contributed by atoms with E-state index in [0.717, 1.165) is 16.8 Å². The lowest BCUT2D eigenvalue weighted by atomic mass is 10.1. The van der Waals surface area contributed by atoms with Gasteiger partial charge in [-0.2, -0.15) is 0 Å². The van der Waals surface area contributed by atoms with Crippen LogP contribution < -0.4 is 5.69 Å². The molecule has 0 saturated carbocycles. The summed E-state index contributed by atoms with van der Waals surface area (Å²) < 4.78 is 1.27. The van der Waals surface area contributed by atoms with Gasteiger partial charge >= 0.3 is 5.69 Å². The number of fused-ring (bicyclic) bond motifs is 1. The third kappa shape index (κ3) is 1.77. The Morgan fingerprint density at radius 1 is 1.53 bits per heavy atom. The van der Waals surface area contributed by atoms with Crippen LogP contribution in [0.5, 0.6) is 5.88 Å². The average Bonchev–Trinajstić information content (AvgIpc) is 2.93. The Morgan fingerprint density at radius 3 is 3.11 bits per heavy atom. The van der Waals surface area contributed by atoms with Crippen LogP contribution in [0.25, 0.3) is 11.6 Å². The van der Waals surface area contributed by atoms with Crippen molar-refractivity contribution in [3.8, 4) is 5.88 Å². The van der Waals surface area contributed by atoms with Gasteiger partial charge in [-0.1, -0.05) is 0 Å². The maximum absolute atomic E-state index is 11.6. The molecule has 6 heteroatoms. The molecule has 0 spiro atoms. The van der Waals surface area contributed by atoms with E-state index in [-0.39, 0.29) is 11.6 Å². The molecule has 1 aliphatic heterocycles. The van der Waals surface area contributed by atoms with Gasteiger partial charge in [0.2, 0.25) is 5.88 Å². The minimum absolute atomic E-state index is 0.0593. The van der Waals surface area contributed by atoms with E-state index in [4.69, 9.17) is 0 Å². The maximum Gasteiger partial charge on any atom is 0.328 e. The topological polar surface area (TPSA) is 83.3 Å². The van der Waals surface area contributed by atoms with Gasteiger partial charge in [-0.25, -0.2) is 4.79 Å². The quantitative estimate of drug-likeness (QED) is 0.855. The summed E-state index contributed by atoms with van der Waals surface area (Å²) in [5.74, 6) is -0.0593. The third-order valence-corrected chi connectivity index (χ3v) is 3.05. The predicted octanol–water partition coefficient (Wildman–Crippen LogP) is 1.55. The fourth-order valence-electron chi connectivity index (χ4n) is 2.09. The molecule has 0 bridgehead atoms. The molecule has 0 fully saturated rings. The van der Waals surface area contributed by atoms with Crippen LogP contribution in [0.3, 0.4) is 0 Å². The Hall–Kier alpha value is -2.63. The van der Waals surface area contributed by atoms with Gasteiger partial charge in [0.05, 0.1) is 11.9 Å². The molecule has 19 heavy (non-hydrogen) atoms. The van der Waals surface area contributed by atoms with Crippen molar-refractivity contribution in [2.24, 2.45) is 4.99 Å². The van der Waals surface area contributed by atoms with Crippen LogP contribution in [0.4, 0.5) is 5.69 Å². The second-order valence-electron chi connectivity index (χ2n) is 4.16. The van der Waals surface area contributed by atoms with E-state index >= 15 is 0 Å². The van der Waals surface area contributed by atoms with Crippen molar-refractivity contribution in [1.29, 1.82) is 0 Å². The summed E-state index contributed by atoms with van der Waals surface area (Å²) in [4.78, 5) is 22.4. The molecule has 0 radical (unpaired) electrons. The smallest absolute Gasteiger partial charge is 0.328 e. The highest BCUT2D eigenvalue weighted by Gasteiger charge is 2.15. The SMILES string of the molecule is CCn1c(O)c(C=C2C=Nc3cnccc32)[nH]c1=O. The lowest BCUT2D eigenvalue weighted by Crippen LogP contribution is -2.14. The number of nitrogens with zero attached hydrogens (tertiary/aromatic N) is 3. The number of aromatic hydroxyl groups is 1. The second kappa shape index (κ2) is 4.24. The van der Waals surface area contributed by atoms with Gasteiger partial charge in [-0.15, -0.1) is 0 Å². The molecule has 2 N–H and O–H groups in total. The van der Waals surface area contributed by atoms with E-state index in [2.05, 4.69) is 15.0 Å². The molecule has 2 aromatic rings. The molecule has 0 saturated heterocycles. The molecule has 96 valence electrons. The first-order valence-corrected chi connectivity index (χ1v) is 5.92. The number of rotatable bonds is 2. The second-order valence-corrected chi connectivity index (χ2v) is 4.16. The molecular weight excluding hydrogens is 244 g/mol. The van der Waals surface area contributed by atoms with Gasteiger partial charge in [0.1, 0.15) is 5.69 Å². The predicted molar refractivity (Wildman–Crippen MR) is 72.7 cm³/mol. The normalized spacial score (nSPS) is 15.1. The van der Waals surface area contributed by atoms with Crippen molar-refractivity contribution < 1.29 is 5.11 Å². The van der Waals surface area contributed by atoms with Crippen molar-refractivity contribution in [1.82, 2.24) is 14.5 Å². The molecule has 0 atom stereocenters. The van der Waals surface area contributed by atoms with Crippen LogP contribution in [0.15, 0.2) is 28.2 Å². The van der Waals surface area contributed by atoms with Crippen LogP contribution in [0, 0.1) is 0 Å². The van der Waals surface area contributed by atoms with Crippen molar-refractivity contribution in [3.05, 3.63) is 40.2 Å². The zero-order valence-electron chi connectivity index (χ0n) is 10.3. The van der Waals surface area contributed by atoms with Crippen LogP contribution in [-0.4, -0.2) is 25.9 Å². The summed E-state index contributed by atoms with van der Waals surface area (Å²) in [6.07, 6.45) is 6.75. The lowest BCUT2D eigenvalue weighted by molar-refractivity contribution is 0.417. The number of aromatic amines is 1. The van der Waals surface area contributed by atoms with Gasteiger partial charge in [-0.3, -0.25) is 14.5 Å². The number of imidazole rings is 1. The summed E-state index contributed by atoms with van der Waals surface area (Å²) >= 11 is 0. The Bertz CT molecular complexity index is 752. The number of hydrogen-bond acceptors (Lipinski definition) is 4. The number of pyridine rings is 1. The molecule has 3 heterocycles. The van der Waals surface area contributed by atoms with Gasteiger partial charge in [-0.05, 0) is 19.1 Å². The standard InChI is InChI=1S/C13H12N4O2/c1-2-17-12(18)10(16-13(17)19)5-8-6-15-11-7-14-4-3-9(8)11/h3-7,18H,2H2,1H3,(H,16,19). The number of aromatic nitrogens is 3. The van der Waals surface area contributed by atoms with Gasteiger partial charge in [0.15, 0.2) is 0 Å². The number of nitrogens with one attached hydrogen (secondary N) is 1. The van der Waals surface area contributed by atoms with Crippen LogP contribution in [0.2, 0.25) is 0 Å². The first-order valence-electron chi connectivity index (χ1n) is 5.92. The minimum Gasteiger partial charge on any atom is -0.493 e. The van der Waals surface area contributed by atoms with Crippen LogP contribution in [-0.2, 0) is 6.54 Å². The summed E-state index contributed by atoms with van der Waals surface area (Å²) in [6, 6.07) is 1.85. The molecule has 6 nitrogen and oxygen atoms in total. The summed E-state index contributed by atoms with van der Waals surface area (Å²) in [5.41, 5.74) is 2.61. The number of H-pyrrole nitrogens is 1. The van der Waals surface area contributed by atoms with E-state index in [1.54, 1.807) is 31.6 Å². The van der Waals surface area contributed by atoms with Crippen LogP contribution in [0.1, 0.15) is 18.2 Å². The third-order valence-electron chi connectivity index (χ3n) is 3.05. The minimum atomic E-state index is -0.322. The Balaban J connectivity index is 2.10. The summed E-state index contributed by atoms with van der Waals surface area (Å²) in [6.45, 7) is 2.21. The van der Waals surface area contributed by atoms with Crippen molar-refractivity contribution in [2.45, 2.75) is 13.5 Å². The highest BCUT2D eigenvalue weighted by molar-refractivity contribution is 6.21. The highest BCUT2D eigenvalue weighted by atomic mass is 16.3. The summed E-state index contributed by atoms with van der Waals surface area (Å²) in [5, 5.41) is 9.95. The highest BCUT2D eigenvalue weighted by Crippen LogP contribution is 2.32. The molecule has 0 aromatic carbocycles. The molecule has 0 amide bonds. The molecule has 0 aliphatic carbocycles. The van der Waals surface area contributed by atoms with Crippen molar-refractivity contribution in [3.63, 3.8) is 0 Å². The van der Waals surface area contributed by atoms with Gasteiger partial charge in [0.25, 0.3) is 0 Å². The van der Waals surface area contributed by atoms with Crippen LogP contribution >= 0.6 is 0 Å². The Labute approximate surface area is 108 Å². The Kier molecular flexibility index (Phi) is 2.56. The van der Waals surface area contributed by atoms with Gasteiger partial charge in [0, 0.05) is 30.1 Å². The zero-order chi connectivity index (χ0) is 13.4. The molecule has 1 aliphatic rings. The van der Waals surface area contributed by atoms with Gasteiger partial charge < -0.3 is 10.1 Å². The van der Waals surface area contributed by atoms with E-state index in [9.17, 15) is 9.90 Å². The zero-order valence-corrected chi connectivity index (χ0v) is 10.3. The maximum atomic E-state index is 11.6.